The van der Waals surface area contributed by atoms with E-state index in [1.807, 2.05) is 0 Å². The van der Waals surface area contributed by atoms with Crippen LogP contribution in [0.2, 0.25) is 5.02 Å². The van der Waals surface area contributed by atoms with Crippen LogP contribution in [0.1, 0.15) is 12.5 Å². The van der Waals surface area contributed by atoms with Crippen molar-refractivity contribution in [2.24, 2.45) is 0 Å². The van der Waals surface area contributed by atoms with Crippen LogP contribution in [0, 0.1) is 0 Å². The highest BCUT2D eigenvalue weighted by Gasteiger charge is 2.36. The van der Waals surface area contributed by atoms with Gasteiger partial charge in [0.15, 0.2) is 0 Å². The SMILES string of the molecule is CC(C(=O)Nc1ccc(Cl)cc1C(F)(F)F)N1CCN(S(=O)(=O)N(C)C)CC1. The van der Waals surface area contributed by atoms with Gasteiger partial charge in [-0.15, -0.1) is 0 Å². The first kappa shape index (κ1) is 22.9. The summed E-state index contributed by atoms with van der Waals surface area (Å²) in [5.74, 6) is -0.614. The van der Waals surface area contributed by atoms with Crippen molar-refractivity contribution in [1.82, 2.24) is 13.5 Å². The molecule has 0 saturated carbocycles. The van der Waals surface area contributed by atoms with E-state index >= 15 is 0 Å². The third-order valence-corrected chi connectivity index (χ3v) is 6.71. The second-order valence-electron chi connectivity index (χ2n) is 6.58. The summed E-state index contributed by atoms with van der Waals surface area (Å²) in [6.45, 7) is 2.51. The fourth-order valence-electron chi connectivity index (χ4n) is 2.82. The molecule has 1 heterocycles. The molecule has 0 aromatic heterocycles. The van der Waals surface area contributed by atoms with Gasteiger partial charge in [-0.1, -0.05) is 11.6 Å². The number of benzene rings is 1. The molecule has 12 heteroatoms. The summed E-state index contributed by atoms with van der Waals surface area (Å²) in [5, 5.41) is 2.22. The quantitative estimate of drug-likeness (QED) is 0.758. The van der Waals surface area contributed by atoms with Gasteiger partial charge >= 0.3 is 6.18 Å². The maximum Gasteiger partial charge on any atom is 0.418 e. The minimum Gasteiger partial charge on any atom is -0.324 e. The Kier molecular flexibility index (Phi) is 6.98. The van der Waals surface area contributed by atoms with E-state index in [4.69, 9.17) is 11.6 Å². The van der Waals surface area contributed by atoms with Crippen LogP contribution in [0.3, 0.4) is 0 Å². The number of rotatable bonds is 5. The molecule has 1 aromatic carbocycles. The molecule has 2 rings (SSSR count). The topological polar surface area (TPSA) is 73.0 Å². The number of piperazine rings is 1. The lowest BCUT2D eigenvalue weighted by atomic mass is 10.1. The summed E-state index contributed by atoms with van der Waals surface area (Å²) >= 11 is 5.64. The molecule has 1 fully saturated rings. The van der Waals surface area contributed by atoms with Crippen molar-refractivity contribution in [1.29, 1.82) is 0 Å². The molecule has 7 nitrogen and oxygen atoms in total. The summed E-state index contributed by atoms with van der Waals surface area (Å²) < 4.78 is 66.2. The van der Waals surface area contributed by atoms with Gasteiger partial charge in [0.2, 0.25) is 5.91 Å². The van der Waals surface area contributed by atoms with Crippen LogP contribution in [0.4, 0.5) is 18.9 Å². The molecule has 1 unspecified atom stereocenters. The van der Waals surface area contributed by atoms with Gasteiger partial charge in [-0.3, -0.25) is 9.69 Å². The molecule has 0 aliphatic carbocycles. The molecular weight excluding hydrogens is 421 g/mol. The largest absolute Gasteiger partial charge is 0.418 e. The zero-order valence-electron chi connectivity index (χ0n) is 15.6. The van der Waals surface area contributed by atoms with E-state index < -0.39 is 33.9 Å². The van der Waals surface area contributed by atoms with Crippen LogP contribution in [0.15, 0.2) is 18.2 Å². The molecule has 158 valence electrons. The number of alkyl halides is 3. The molecule has 28 heavy (non-hydrogen) atoms. The van der Waals surface area contributed by atoms with E-state index in [9.17, 15) is 26.4 Å². The second kappa shape index (κ2) is 8.54. The van der Waals surface area contributed by atoms with Gasteiger partial charge < -0.3 is 5.32 Å². The number of nitrogens with zero attached hydrogens (tertiary/aromatic N) is 3. The summed E-state index contributed by atoms with van der Waals surface area (Å²) in [6, 6.07) is 2.40. The molecule has 1 N–H and O–H groups in total. The van der Waals surface area contributed by atoms with Crippen molar-refractivity contribution in [3.05, 3.63) is 28.8 Å². The fraction of sp³-hybridized carbons (Fsp3) is 0.562. The number of halogens is 4. The highest BCUT2D eigenvalue weighted by molar-refractivity contribution is 7.86. The lowest BCUT2D eigenvalue weighted by Crippen LogP contribution is -2.55. The van der Waals surface area contributed by atoms with E-state index in [-0.39, 0.29) is 36.9 Å². The van der Waals surface area contributed by atoms with Crippen LogP contribution in [-0.4, -0.2) is 74.2 Å². The molecule has 1 amide bonds. The Hall–Kier alpha value is -1.40. The number of amides is 1. The molecule has 1 aromatic rings. The van der Waals surface area contributed by atoms with Gasteiger partial charge in [-0.05, 0) is 25.1 Å². The molecule has 1 atom stereocenters. The van der Waals surface area contributed by atoms with Crippen molar-refractivity contribution >= 4 is 33.4 Å². The number of hydrogen-bond donors (Lipinski definition) is 1. The Balaban J connectivity index is 2.05. The highest BCUT2D eigenvalue weighted by atomic mass is 35.5. The minimum atomic E-state index is -4.66. The first-order valence-corrected chi connectivity index (χ1v) is 10.2. The molecule has 1 aliphatic rings. The summed E-state index contributed by atoms with van der Waals surface area (Å²) in [4.78, 5) is 14.2. The average molecular weight is 443 g/mol. The summed E-state index contributed by atoms with van der Waals surface area (Å²) in [5.41, 5.74) is -1.40. The van der Waals surface area contributed by atoms with E-state index in [1.54, 1.807) is 11.8 Å². The third-order valence-electron chi connectivity index (χ3n) is 4.53. The molecule has 0 bridgehead atoms. The Morgan fingerprint density at radius 1 is 1.21 bits per heavy atom. The van der Waals surface area contributed by atoms with Crippen LogP contribution < -0.4 is 5.32 Å². The van der Waals surface area contributed by atoms with E-state index in [1.165, 1.54) is 24.5 Å². The van der Waals surface area contributed by atoms with E-state index in [0.29, 0.717) is 0 Å². The van der Waals surface area contributed by atoms with Crippen LogP contribution in [-0.2, 0) is 21.2 Å². The number of carbonyl (C=O) groups excluding carboxylic acids is 1. The van der Waals surface area contributed by atoms with Crippen LogP contribution >= 0.6 is 11.6 Å². The van der Waals surface area contributed by atoms with Crippen LogP contribution in [0.25, 0.3) is 0 Å². The molecule has 0 radical (unpaired) electrons. The maximum absolute atomic E-state index is 13.2. The van der Waals surface area contributed by atoms with Crippen molar-refractivity contribution < 1.29 is 26.4 Å². The van der Waals surface area contributed by atoms with Crippen molar-refractivity contribution in [2.45, 2.75) is 19.1 Å². The normalized spacial score (nSPS) is 18.3. The fourth-order valence-corrected chi connectivity index (χ4v) is 4.07. The Labute approximate surface area is 167 Å². The van der Waals surface area contributed by atoms with Gasteiger partial charge in [0.1, 0.15) is 0 Å². The van der Waals surface area contributed by atoms with Crippen molar-refractivity contribution in [2.75, 3.05) is 45.6 Å². The first-order valence-electron chi connectivity index (χ1n) is 8.43. The first-order chi connectivity index (χ1) is 12.8. The van der Waals surface area contributed by atoms with Gasteiger partial charge in [-0.2, -0.15) is 30.2 Å². The standard InChI is InChI=1S/C16H22ClF3N4O3S/c1-11(23-6-8-24(9-7-23)28(26,27)22(2)3)15(25)21-14-5-4-12(17)10-13(14)16(18,19)20/h4-5,10-11H,6-9H2,1-3H3,(H,21,25). The average Bonchev–Trinajstić information content (AvgIpc) is 2.61. The second-order valence-corrected chi connectivity index (χ2v) is 9.16. The third kappa shape index (κ3) is 5.15. The van der Waals surface area contributed by atoms with Gasteiger partial charge in [0.25, 0.3) is 10.2 Å². The number of hydrogen-bond acceptors (Lipinski definition) is 4. The Morgan fingerprint density at radius 2 is 1.79 bits per heavy atom. The summed E-state index contributed by atoms with van der Waals surface area (Å²) in [7, 11) is -0.677. The van der Waals surface area contributed by atoms with Gasteiger partial charge in [0.05, 0.1) is 17.3 Å². The number of nitrogens with one attached hydrogen (secondary N) is 1. The molecule has 0 spiro atoms. The minimum absolute atomic E-state index is 0.0865. The molecule has 1 saturated heterocycles. The Morgan fingerprint density at radius 3 is 2.29 bits per heavy atom. The zero-order valence-corrected chi connectivity index (χ0v) is 17.2. The lowest BCUT2D eigenvalue weighted by Gasteiger charge is -2.37. The van der Waals surface area contributed by atoms with Gasteiger partial charge in [0, 0.05) is 45.3 Å². The number of carbonyl (C=O) groups is 1. The predicted molar refractivity (Wildman–Crippen MR) is 100 cm³/mol. The monoisotopic (exact) mass is 442 g/mol. The zero-order chi connectivity index (χ0) is 21.3. The van der Waals surface area contributed by atoms with Crippen LogP contribution in [0.5, 0.6) is 0 Å². The predicted octanol–water partition coefficient (Wildman–Crippen LogP) is 2.11. The van der Waals surface area contributed by atoms with Crippen molar-refractivity contribution in [3.63, 3.8) is 0 Å². The van der Waals surface area contributed by atoms with E-state index in [2.05, 4.69) is 5.32 Å². The van der Waals surface area contributed by atoms with Crippen molar-refractivity contribution in [3.8, 4) is 0 Å². The number of anilines is 1. The van der Waals surface area contributed by atoms with Gasteiger partial charge in [-0.25, -0.2) is 0 Å². The van der Waals surface area contributed by atoms with E-state index in [0.717, 1.165) is 16.4 Å². The molecule has 1 aliphatic heterocycles. The highest BCUT2D eigenvalue weighted by Crippen LogP contribution is 2.36. The lowest BCUT2D eigenvalue weighted by molar-refractivity contribution is -0.137. The maximum atomic E-state index is 13.2. The smallest absolute Gasteiger partial charge is 0.324 e. The Bertz CT molecular complexity index is 825. The summed E-state index contributed by atoms with van der Waals surface area (Å²) in [6.07, 6.45) is -4.66. The molecular formula is C16H22ClF3N4O3S.